The van der Waals surface area contributed by atoms with Gasteiger partial charge in [0, 0.05) is 35.9 Å². The van der Waals surface area contributed by atoms with Gasteiger partial charge in [-0.3, -0.25) is 19.3 Å². The Morgan fingerprint density at radius 1 is 1.02 bits per heavy atom. The van der Waals surface area contributed by atoms with Crippen molar-refractivity contribution in [2.24, 2.45) is 5.92 Å². The van der Waals surface area contributed by atoms with E-state index in [0.717, 1.165) is 35.9 Å². The number of anilines is 3. The second-order valence-electron chi connectivity index (χ2n) is 15.2. The van der Waals surface area contributed by atoms with Gasteiger partial charge in [0.25, 0.3) is 5.91 Å². The van der Waals surface area contributed by atoms with Crippen molar-refractivity contribution in [3.8, 4) is 5.75 Å². The predicted molar refractivity (Wildman–Crippen MR) is 213 cm³/mol. The Balaban J connectivity index is 1.33. The molecule has 3 aliphatic rings. The van der Waals surface area contributed by atoms with Crippen molar-refractivity contribution in [3.63, 3.8) is 0 Å². The molecule has 1 spiro atoms. The van der Waals surface area contributed by atoms with Crippen LogP contribution in [0.5, 0.6) is 5.75 Å². The van der Waals surface area contributed by atoms with E-state index < -0.39 is 19.8 Å². The van der Waals surface area contributed by atoms with E-state index in [4.69, 9.17) is 9.47 Å². The molecule has 4 aromatic rings. The predicted octanol–water partition coefficient (Wildman–Crippen LogP) is 5.69. The number of aliphatic hydroxyl groups excluding tert-OH is 1. The first kappa shape index (κ1) is 37.5. The first-order chi connectivity index (χ1) is 26.1. The fourth-order valence-corrected chi connectivity index (χ4v) is 13.0. The highest BCUT2D eigenvalue weighted by Crippen LogP contribution is 2.61. The van der Waals surface area contributed by atoms with Crippen LogP contribution in [0, 0.1) is 5.92 Å². The van der Waals surface area contributed by atoms with Crippen molar-refractivity contribution < 1.29 is 29.0 Å². The molecule has 7 rings (SSSR count). The number of methoxy groups -OCH3 is 1. The Labute approximate surface area is 318 Å². The number of carbonyl (C=O) groups is 3. The maximum absolute atomic E-state index is 15.3. The van der Waals surface area contributed by atoms with Crippen LogP contribution in [0.4, 0.5) is 17.1 Å². The molecule has 3 heterocycles. The van der Waals surface area contributed by atoms with E-state index in [2.05, 4.69) is 42.8 Å². The Morgan fingerprint density at radius 2 is 1.72 bits per heavy atom. The van der Waals surface area contributed by atoms with Gasteiger partial charge in [-0.1, -0.05) is 85.9 Å². The van der Waals surface area contributed by atoms with Crippen LogP contribution in [0.1, 0.15) is 37.3 Å². The second-order valence-corrected chi connectivity index (χ2v) is 19.9. The maximum Gasteiger partial charge on any atom is 0.268 e. The van der Waals surface area contributed by atoms with E-state index >= 15 is 4.79 Å². The number of rotatable bonds is 12. The third-order valence-electron chi connectivity index (χ3n) is 11.7. The van der Waals surface area contributed by atoms with E-state index in [-0.39, 0.29) is 54.8 Å². The summed E-state index contributed by atoms with van der Waals surface area (Å²) in [5, 5.41) is 17.6. The van der Waals surface area contributed by atoms with E-state index in [9.17, 15) is 14.7 Å². The summed E-state index contributed by atoms with van der Waals surface area (Å²) in [5.41, 5.74) is 2.00. The average Bonchev–Trinajstić information content (AvgIpc) is 3.89. The largest absolute Gasteiger partial charge is 0.497 e. The van der Waals surface area contributed by atoms with Crippen LogP contribution in [0.25, 0.3) is 0 Å². The van der Waals surface area contributed by atoms with Gasteiger partial charge in [-0.15, -0.1) is 0 Å². The molecule has 54 heavy (non-hydrogen) atoms. The number of para-hydroxylation sites is 1. The van der Waals surface area contributed by atoms with Crippen molar-refractivity contribution in [2.75, 3.05) is 37.0 Å². The first-order valence-corrected chi connectivity index (χ1v) is 22.0. The molecule has 0 unspecified atom stereocenters. The molecule has 3 amide bonds. The summed E-state index contributed by atoms with van der Waals surface area (Å²) in [7, 11) is -0.910. The summed E-state index contributed by atoms with van der Waals surface area (Å²) >= 11 is 0. The highest BCUT2D eigenvalue weighted by molar-refractivity contribution is 6.91. The van der Waals surface area contributed by atoms with Gasteiger partial charge >= 0.3 is 0 Å². The molecule has 0 aliphatic carbocycles. The van der Waals surface area contributed by atoms with Crippen LogP contribution in [-0.2, 0) is 31.3 Å². The molecular formula is C43H50N4O6Si. The van der Waals surface area contributed by atoms with Gasteiger partial charge < -0.3 is 30.1 Å². The van der Waals surface area contributed by atoms with Crippen molar-refractivity contribution in [1.82, 2.24) is 10.2 Å². The van der Waals surface area contributed by atoms with E-state index in [1.54, 1.807) is 16.9 Å². The fraction of sp³-hybridized carbons (Fsp3) is 0.372. The summed E-state index contributed by atoms with van der Waals surface area (Å²) < 4.78 is 12.8. The highest BCUT2D eigenvalue weighted by atomic mass is 28.3. The highest BCUT2D eigenvalue weighted by Gasteiger charge is 2.67. The number of amides is 3. The molecule has 0 bridgehead atoms. The van der Waals surface area contributed by atoms with Crippen molar-refractivity contribution >= 4 is 48.0 Å². The molecule has 0 aromatic heterocycles. The average molecular weight is 747 g/mol. The Kier molecular flexibility index (Phi) is 10.8. The van der Waals surface area contributed by atoms with Gasteiger partial charge in [-0.25, -0.2) is 0 Å². The SMILES string of the molecule is COc1ccc([Si](C)(C)[C@H]2[C@H](CC(=O)N(CCO)Cc3ccccc3)O[C@@]3(C(=O)N(c4ccccc4)c4ccc(NC(=O)[C@H]5CCCN5)cc43)[C@@H]2C)cc1. The fourth-order valence-electron chi connectivity index (χ4n) is 9.01. The third kappa shape index (κ3) is 6.85. The monoisotopic (exact) mass is 746 g/mol. The minimum Gasteiger partial charge on any atom is -0.497 e. The Morgan fingerprint density at radius 3 is 2.37 bits per heavy atom. The summed E-state index contributed by atoms with van der Waals surface area (Å²) in [5.74, 6) is -0.0796. The van der Waals surface area contributed by atoms with Crippen LogP contribution in [0.3, 0.4) is 0 Å². The first-order valence-electron chi connectivity index (χ1n) is 18.9. The van der Waals surface area contributed by atoms with Gasteiger partial charge in [0.15, 0.2) is 5.60 Å². The Hall–Kier alpha value is -4.81. The maximum atomic E-state index is 15.3. The number of carbonyl (C=O) groups excluding carboxylic acids is 3. The zero-order valence-corrected chi connectivity index (χ0v) is 32.5. The lowest BCUT2D eigenvalue weighted by Gasteiger charge is -2.37. The molecule has 282 valence electrons. The Bertz CT molecular complexity index is 1970. The van der Waals surface area contributed by atoms with Crippen LogP contribution < -0.4 is 25.5 Å². The number of nitrogens with zero attached hydrogens (tertiary/aromatic N) is 2. The second kappa shape index (κ2) is 15.5. The minimum absolute atomic E-state index is 0.0356. The molecule has 0 radical (unpaired) electrons. The number of aliphatic hydroxyl groups is 1. The van der Waals surface area contributed by atoms with Crippen LogP contribution in [-0.4, -0.2) is 74.8 Å². The standard InChI is InChI=1S/C43H50N4O6Si/c1-29-40(54(3,4)34-20-18-33(52-2)19-21-34)38(27-39(49)46(24-25-48)28-30-12-7-5-8-13-30)53-43(29)35-26-31(45-41(50)36-16-11-23-44-36)17-22-37(35)47(42(43)51)32-14-9-6-10-15-32/h5-10,12-15,17-22,26,29,36,38,40,44,48H,11,16,23-25,27-28H2,1-4H3,(H,45,50)/t29-,36-,38+,40-,43+/m1/s1. The molecule has 3 N–H and O–H groups in total. The van der Waals surface area contributed by atoms with Crippen LogP contribution in [0.2, 0.25) is 18.6 Å². The molecule has 2 fully saturated rings. The number of ether oxygens (including phenoxy) is 2. The number of hydrogen-bond donors (Lipinski definition) is 3. The molecule has 11 heteroatoms. The topological polar surface area (TPSA) is 120 Å². The van der Waals surface area contributed by atoms with Gasteiger partial charge in [0.1, 0.15) is 5.75 Å². The quantitative estimate of drug-likeness (QED) is 0.160. The summed E-state index contributed by atoms with van der Waals surface area (Å²) in [6.07, 6.45) is 1.12. The van der Waals surface area contributed by atoms with Gasteiger partial charge in [0.2, 0.25) is 11.8 Å². The molecule has 0 saturated carbocycles. The minimum atomic E-state index is -2.56. The molecule has 2 saturated heterocycles. The molecule has 4 aromatic carbocycles. The van der Waals surface area contributed by atoms with Crippen molar-refractivity contribution in [3.05, 3.63) is 114 Å². The van der Waals surface area contributed by atoms with Gasteiger partial charge in [-0.05, 0) is 73.0 Å². The van der Waals surface area contributed by atoms with E-state index in [1.165, 1.54) is 0 Å². The number of fused-ring (bicyclic) bond motifs is 2. The molecule has 5 atom stereocenters. The molecule has 10 nitrogen and oxygen atoms in total. The van der Waals surface area contributed by atoms with Gasteiger partial charge in [-0.2, -0.15) is 0 Å². The number of hydrogen-bond acceptors (Lipinski definition) is 7. The van der Waals surface area contributed by atoms with Crippen LogP contribution >= 0.6 is 0 Å². The van der Waals surface area contributed by atoms with Crippen molar-refractivity contribution in [2.45, 2.75) is 69.1 Å². The summed E-state index contributed by atoms with van der Waals surface area (Å²) in [6.45, 7) is 7.80. The number of nitrogens with one attached hydrogen (secondary N) is 2. The lowest BCUT2D eigenvalue weighted by molar-refractivity contribution is -0.149. The third-order valence-corrected chi connectivity index (χ3v) is 16.1. The lowest BCUT2D eigenvalue weighted by Crippen LogP contribution is -2.52. The smallest absolute Gasteiger partial charge is 0.268 e. The van der Waals surface area contributed by atoms with Crippen molar-refractivity contribution in [1.29, 1.82) is 0 Å². The van der Waals surface area contributed by atoms with E-state index in [0.29, 0.717) is 29.2 Å². The lowest BCUT2D eigenvalue weighted by atomic mass is 9.82. The van der Waals surface area contributed by atoms with Crippen LogP contribution in [0.15, 0.2) is 103 Å². The summed E-state index contributed by atoms with van der Waals surface area (Å²) in [6, 6.07) is 32.8. The molecule has 3 aliphatic heterocycles. The zero-order chi connectivity index (χ0) is 38.0. The summed E-state index contributed by atoms with van der Waals surface area (Å²) in [4.78, 5) is 46.4. The number of benzene rings is 4. The van der Waals surface area contributed by atoms with E-state index in [1.807, 2.05) is 91.0 Å². The van der Waals surface area contributed by atoms with Gasteiger partial charge in [0.05, 0.1) is 46.0 Å². The molecular weight excluding hydrogens is 697 g/mol. The zero-order valence-electron chi connectivity index (χ0n) is 31.5. The normalized spacial score (nSPS) is 23.4.